The van der Waals surface area contributed by atoms with Crippen molar-refractivity contribution < 1.29 is 0 Å². The van der Waals surface area contributed by atoms with Crippen molar-refractivity contribution in [1.29, 1.82) is 0 Å². The smallest absolute Gasteiger partial charge is 0.193 e. The number of hydrogen-bond donors (Lipinski definition) is 1. The number of hydrogen-bond acceptors (Lipinski definition) is 3. The Morgan fingerprint density at radius 3 is 2.65 bits per heavy atom. The molecule has 0 aliphatic carbocycles. The van der Waals surface area contributed by atoms with Gasteiger partial charge < -0.3 is 15.1 Å². The van der Waals surface area contributed by atoms with Gasteiger partial charge in [0.1, 0.15) is 0 Å². The van der Waals surface area contributed by atoms with E-state index in [-0.39, 0.29) is 24.0 Å². The average molecular weight is 410 g/mol. The molecule has 0 aliphatic rings. The van der Waals surface area contributed by atoms with Crippen molar-refractivity contribution in [3.63, 3.8) is 0 Å². The largest absolute Gasteiger partial charge is 0.355 e. The van der Waals surface area contributed by atoms with Gasteiger partial charge in [-0.3, -0.25) is 4.99 Å². The van der Waals surface area contributed by atoms with E-state index < -0.39 is 0 Å². The van der Waals surface area contributed by atoms with Crippen LogP contribution in [0.5, 0.6) is 0 Å². The Balaban J connectivity index is 0.00000361. The summed E-state index contributed by atoms with van der Waals surface area (Å²) in [5.41, 5.74) is 0. The van der Waals surface area contributed by atoms with E-state index in [1.807, 2.05) is 18.4 Å². The highest BCUT2D eigenvalue weighted by Gasteiger charge is 2.06. The molecule has 116 valence electrons. The molecular weight excluding hydrogens is 383 g/mol. The number of likely N-dealkylation sites (N-methyl/N-ethyl adjacent to an activating group) is 2. The van der Waals surface area contributed by atoms with Crippen LogP contribution in [0.2, 0.25) is 0 Å². The van der Waals surface area contributed by atoms with E-state index >= 15 is 0 Å². The Morgan fingerprint density at radius 2 is 2.10 bits per heavy atom. The van der Waals surface area contributed by atoms with Crippen molar-refractivity contribution in [3.8, 4) is 0 Å². The van der Waals surface area contributed by atoms with Crippen molar-refractivity contribution in [1.82, 2.24) is 15.1 Å². The maximum absolute atomic E-state index is 4.33. The van der Waals surface area contributed by atoms with Gasteiger partial charge in [-0.2, -0.15) is 0 Å². The molecular formula is C14H27IN4S. The molecule has 0 spiro atoms. The molecule has 1 aromatic heterocycles. The van der Waals surface area contributed by atoms with E-state index in [2.05, 4.69) is 58.6 Å². The molecule has 0 unspecified atom stereocenters. The van der Waals surface area contributed by atoms with Crippen LogP contribution in [0.25, 0.3) is 0 Å². The number of aliphatic imine (C=N–C) groups is 1. The minimum Gasteiger partial charge on any atom is -0.355 e. The Hall–Kier alpha value is -0.340. The Morgan fingerprint density at radius 1 is 1.35 bits per heavy atom. The van der Waals surface area contributed by atoms with Crippen molar-refractivity contribution in [3.05, 3.63) is 22.4 Å². The molecule has 0 bridgehead atoms. The molecule has 0 aliphatic heterocycles. The van der Waals surface area contributed by atoms with Gasteiger partial charge in [0, 0.05) is 38.6 Å². The third-order valence-corrected chi connectivity index (χ3v) is 4.10. The van der Waals surface area contributed by atoms with E-state index in [9.17, 15) is 0 Å². The zero-order valence-electron chi connectivity index (χ0n) is 12.9. The summed E-state index contributed by atoms with van der Waals surface area (Å²) < 4.78 is 0. The highest BCUT2D eigenvalue weighted by molar-refractivity contribution is 14.0. The predicted molar refractivity (Wildman–Crippen MR) is 101 cm³/mol. The van der Waals surface area contributed by atoms with Crippen LogP contribution in [0.15, 0.2) is 22.5 Å². The molecule has 1 aromatic rings. The Bertz CT molecular complexity index is 367. The lowest BCUT2D eigenvalue weighted by Crippen LogP contribution is -2.42. The van der Waals surface area contributed by atoms with Gasteiger partial charge in [-0.1, -0.05) is 13.0 Å². The molecule has 4 nitrogen and oxygen atoms in total. The summed E-state index contributed by atoms with van der Waals surface area (Å²) in [6.45, 7) is 6.20. The number of nitrogens with zero attached hydrogens (tertiary/aromatic N) is 3. The van der Waals surface area contributed by atoms with Crippen LogP contribution >= 0.6 is 35.3 Å². The van der Waals surface area contributed by atoms with E-state index in [1.165, 1.54) is 4.88 Å². The molecule has 1 heterocycles. The maximum atomic E-state index is 4.33. The van der Waals surface area contributed by atoms with E-state index in [0.29, 0.717) is 0 Å². The fourth-order valence-corrected chi connectivity index (χ4v) is 2.44. The summed E-state index contributed by atoms with van der Waals surface area (Å²) in [6.07, 6.45) is 1.07. The van der Waals surface area contributed by atoms with Crippen molar-refractivity contribution in [2.45, 2.75) is 13.3 Å². The van der Waals surface area contributed by atoms with Gasteiger partial charge in [0.25, 0.3) is 0 Å². The van der Waals surface area contributed by atoms with Gasteiger partial charge in [-0.15, -0.1) is 35.3 Å². The summed E-state index contributed by atoms with van der Waals surface area (Å²) in [4.78, 5) is 10.2. The molecule has 0 atom stereocenters. The van der Waals surface area contributed by atoms with Gasteiger partial charge in [0.05, 0.1) is 0 Å². The Labute approximate surface area is 144 Å². The van der Waals surface area contributed by atoms with Gasteiger partial charge >= 0.3 is 0 Å². The van der Waals surface area contributed by atoms with Crippen LogP contribution < -0.4 is 5.32 Å². The van der Waals surface area contributed by atoms with Crippen LogP contribution in [0, 0.1) is 0 Å². The third-order valence-electron chi connectivity index (χ3n) is 3.16. The van der Waals surface area contributed by atoms with Gasteiger partial charge in [0.2, 0.25) is 0 Å². The van der Waals surface area contributed by atoms with Crippen molar-refractivity contribution in [2.75, 3.05) is 47.3 Å². The maximum Gasteiger partial charge on any atom is 0.193 e. The number of nitrogens with one attached hydrogen (secondary N) is 1. The lowest BCUT2D eigenvalue weighted by Gasteiger charge is -2.23. The van der Waals surface area contributed by atoms with Crippen molar-refractivity contribution in [2.24, 2.45) is 4.99 Å². The predicted octanol–water partition coefficient (Wildman–Crippen LogP) is 2.37. The lowest BCUT2D eigenvalue weighted by atomic mass is 10.3. The number of guanidine groups is 1. The summed E-state index contributed by atoms with van der Waals surface area (Å²) in [6, 6.07) is 4.29. The summed E-state index contributed by atoms with van der Waals surface area (Å²) in [7, 11) is 6.06. The van der Waals surface area contributed by atoms with E-state index in [4.69, 9.17) is 0 Å². The molecule has 0 saturated carbocycles. The highest BCUT2D eigenvalue weighted by Crippen LogP contribution is 2.09. The van der Waals surface area contributed by atoms with Crippen LogP contribution in [0.3, 0.4) is 0 Å². The minimum atomic E-state index is 0. The van der Waals surface area contributed by atoms with E-state index in [0.717, 1.165) is 38.6 Å². The molecule has 1 N–H and O–H groups in total. The topological polar surface area (TPSA) is 30.9 Å². The first-order chi connectivity index (χ1) is 9.17. The number of rotatable bonds is 7. The molecule has 0 radical (unpaired) electrons. The molecule has 0 fully saturated rings. The van der Waals surface area contributed by atoms with Gasteiger partial charge in [0.15, 0.2) is 5.96 Å². The first-order valence-corrected chi connectivity index (χ1v) is 7.68. The fraction of sp³-hybridized carbons (Fsp3) is 0.643. The summed E-state index contributed by atoms with van der Waals surface area (Å²) >= 11 is 1.82. The second kappa shape index (κ2) is 11.3. The molecule has 0 amide bonds. The number of thiophene rings is 1. The normalized spacial score (nSPS) is 11.3. The molecule has 0 saturated heterocycles. The van der Waals surface area contributed by atoms with Gasteiger partial charge in [-0.25, -0.2) is 0 Å². The standard InChI is InChI=1S/C14H26N4S.HI/c1-5-17(3)11-9-16-14(15-2)18(4)10-8-13-7-6-12-19-13;/h6-7,12H,5,8-11H2,1-4H3,(H,15,16);1H. The first-order valence-electron chi connectivity index (χ1n) is 6.80. The van der Waals surface area contributed by atoms with E-state index in [1.54, 1.807) is 0 Å². The monoisotopic (exact) mass is 410 g/mol. The van der Waals surface area contributed by atoms with Crippen molar-refractivity contribution >= 4 is 41.3 Å². The molecule has 1 rings (SSSR count). The highest BCUT2D eigenvalue weighted by atomic mass is 127. The SMILES string of the molecule is CCN(C)CCNC(=NC)N(C)CCc1cccs1.I. The number of halogens is 1. The molecule has 20 heavy (non-hydrogen) atoms. The third kappa shape index (κ3) is 7.44. The average Bonchev–Trinajstić information content (AvgIpc) is 2.93. The minimum absolute atomic E-state index is 0. The van der Waals surface area contributed by atoms with Crippen LogP contribution in [-0.2, 0) is 6.42 Å². The lowest BCUT2D eigenvalue weighted by molar-refractivity contribution is 0.354. The quantitative estimate of drug-likeness (QED) is 0.426. The Kier molecular flexibility index (Phi) is 11.1. The second-order valence-electron chi connectivity index (χ2n) is 4.62. The van der Waals surface area contributed by atoms with Crippen LogP contribution in [0.1, 0.15) is 11.8 Å². The second-order valence-corrected chi connectivity index (χ2v) is 5.65. The van der Waals surface area contributed by atoms with Crippen LogP contribution in [0.4, 0.5) is 0 Å². The summed E-state index contributed by atoms with van der Waals surface area (Å²) in [5.74, 6) is 0.973. The zero-order chi connectivity index (χ0) is 14.1. The van der Waals surface area contributed by atoms with Gasteiger partial charge in [-0.05, 0) is 31.5 Å². The zero-order valence-corrected chi connectivity index (χ0v) is 16.1. The fourth-order valence-electron chi connectivity index (χ4n) is 1.74. The van der Waals surface area contributed by atoms with Crippen LogP contribution in [-0.4, -0.2) is 63.1 Å². The molecule has 6 heteroatoms. The first kappa shape index (κ1) is 19.7. The summed E-state index contributed by atoms with van der Waals surface area (Å²) in [5, 5.41) is 5.53. The molecule has 0 aromatic carbocycles.